The molecule has 0 spiro atoms. The summed E-state index contributed by atoms with van der Waals surface area (Å²) in [6, 6.07) is 21.0. The van der Waals surface area contributed by atoms with E-state index in [-0.39, 0.29) is 0 Å². The lowest BCUT2D eigenvalue weighted by Gasteiger charge is -2.31. The molecule has 0 N–H and O–H groups in total. The van der Waals surface area contributed by atoms with Crippen molar-refractivity contribution in [3.63, 3.8) is 0 Å². The summed E-state index contributed by atoms with van der Waals surface area (Å²) in [5.41, 5.74) is 3.60. The van der Waals surface area contributed by atoms with Gasteiger partial charge in [0.2, 0.25) is 0 Å². The first-order valence-electron chi connectivity index (χ1n) is 9.08. The van der Waals surface area contributed by atoms with Gasteiger partial charge < -0.3 is 14.1 Å². The largest absolute Gasteiger partial charge is 0.471 e. The molecular formula is C23H15BrClNO3. The monoisotopic (exact) mass is 467 g/mol. The third-order valence-corrected chi connectivity index (χ3v) is 5.78. The van der Waals surface area contributed by atoms with Crippen molar-refractivity contribution in [2.75, 3.05) is 11.6 Å². The van der Waals surface area contributed by atoms with Gasteiger partial charge in [0.1, 0.15) is 11.3 Å². The average molecular weight is 469 g/mol. The molecule has 0 atom stereocenters. The first-order valence-corrected chi connectivity index (χ1v) is 10.3. The van der Waals surface area contributed by atoms with Gasteiger partial charge in [-0.2, -0.15) is 0 Å². The lowest BCUT2D eigenvalue weighted by atomic mass is 9.99. The first kappa shape index (κ1) is 18.3. The molecule has 5 rings (SSSR count). The van der Waals surface area contributed by atoms with E-state index in [4.69, 9.17) is 20.8 Å². The minimum Gasteiger partial charge on any atom is -0.471 e. The Morgan fingerprint density at radius 1 is 1.00 bits per heavy atom. The van der Waals surface area contributed by atoms with Crippen LogP contribution < -0.4 is 15.3 Å². The second kappa shape index (κ2) is 7.25. The van der Waals surface area contributed by atoms with Crippen LogP contribution in [0.2, 0.25) is 5.02 Å². The van der Waals surface area contributed by atoms with Gasteiger partial charge in [-0.15, -0.1) is 0 Å². The van der Waals surface area contributed by atoms with E-state index in [1.165, 1.54) is 6.07 Å². The molecule has 6 heteroatoms. The quantitative estimate of drug-likeness (QED) is 0.327. The maximum Gasteiger partial charge on any atom is 0.336 e. The zero-order chi connectivity index (χ0) is 20.0. The average Bonchev–Trinajstić information content (AvgIpc) is 2.74. The van der Waals surface area contributed by atoms with Gasteiger partial charge in [-0.25, -0.2) is 4.79 Å². The van der Waals surface area contributed by atoms with Crippen LogP contribution in [0.15, 0.2) is 80.4 Å². The second-order valence-electron chi connectivity index (χ2n) is 6.84. The fourth-order valence-corrected chi connectivity index (χ4v) is 4.35. The van der Waals surface area contributed by atoms with Crippen molar-refractivity contribution >= 4 is 44.2 Å². The van der Waals surface area contributed by atoms with Crippen LogP contribution in [0.25, 0.3) is 22.1 Å². The van der Waals surface area contributed by atoms with E-state index in [2.05, 4.69) is 20.8 Å². The molecule has 0 aliphatic carbocycles. The second-order valence-corrected chi connectivity index (χ2v) is 8.16. The molecule has 29 heavy (non-hydrogen) atoms. The predicted octanol–water partition coefficient (Wildman–Crippen LogP) is 6.23. The molecule has 0 bridgehead atoms. The summed E-state index contributed by atoms with van der Waals surface area (Å²) >= 11 is 10.1. The Balaban J connectivity index is 1.71. The topological polar surface area (TPSA) is 42.7 Å². The van der Waals surface area contributed by atoms with Gasteiger partial charge in [-0.3, -0.25) is 0 Å². The number of benzene rings is 3. The lowest BCUT2D eigenvalue weighted by molar-refractivity contribution is 0.289. The number of rotatable bonds is 2. The van der Waals surface area contributed by atoms with Gasteiger partial charge >= 0.3 is 5.63 Å². The Morgan fingerprint density at radius 2 is 1.83 bits per heavy atom. The van der Waals surface area contributed by atoms with Crippen molar-refractivity contribution in [1.82, 2.24) is 0 Å². The highest BCUT2D eigenvalue weighted by Gasteiger charge is 2.26. The van der Waals surface area contributed by atoms with Crippen LogP contribution in [0.1, 0.15) is 5.56 Å². The molecule has 4 aromatic rings. The third kappa shape index (κ3) is 3.30. The van der Waals surface area contributed by atoms with Crippen molar-refractivity contribution in [2.24, 2.45) is 0 Å². The highest BCUT2D eigenvalue weighted by molar-refractivity contribution is 9.10. The van der Waals surface area contributed by atoms with Crippen LogP contribution in [0, 0.1) is 0 Å². The minimum absolute atomic E-state index is 0.358. The number of hydrogen-bond acceptors (Lipinski definition) is 4. The van der Waals surface area contributed by atoms with Gasteiger partial charge in [0.15, 0.2) is 6.73 Å². The van der Waals surface area contributed by atoms with Crippen LogP contribution in [-0.2, 0) is 6.54 Å². The van der Waals surface area contributed by atoms with Crippen LogP contribution in [0.5, 0.6) is 5.75 Å². The normalized spacial score (nSPS) is 13.2. The summed E-state index contributed by atoms with van der Waals surface area (Å²) in [5.74, 6) is 0.568. The predicted molar refractivity (Wildman–Crippen MR) is 119 cm³/mol. The van der Waals surface area contributed by atoms with E-state index >= 15 is 0 Å². The first-order chi connectivity index (χ1) is 14.1. The zero-order valence-corrected chi connectivity index (χ0v) is 17.5. The smallest absolute Gasteiger partial charge is 0.336 e. The molecule has 0 saturated heterocycles. The molecule has 4 nitrogen and oxygen atoms in total. The van der Waals surface area contributed by atoms with Gasteiger partial charge in [-0.05, 0) is 35.4 Å². The van der Waals surface area contributed by atoms with Gasteiger partial charge in [0.05, 0.1) is 17.1 Å². The van der Waals surface area contributed by atoms with Gasteiger partial charge in [0, 0.05) is 21.6 Å². The van der Waals surface area contributed by atoms with E-state index in [0.29, 0.717) is 29.6 Å². The molecule has 144 valence electrons. The van der Waals surface area contributed by atoms with Crippen LogP contribution >= 0.6 is 27.5 Å². The molecule has 0 saturated carbocycles. The Bertz CT molecular complexity index is 1290. The minimum atomic E-state index is -0.402. The van der Waals surface area contributed by atoms with Crippen LogP contribution in [-0.4, -0.2) is 6.73 Å². The van der Waals surface area contributed by atoms with Gasteiger partial charge in [0.25, 0.3) is 0 Å². The molecule has 1 aliphatic rings. The van der Waals surface area contributed by atoms with Crippen molar-refractivity contribution in [2.45, 2.75) is 6.54 Å². The van der Waals surface area contributed by atoms with Crippen molar-refractivity contribution < 1.29 is 9.15 Å². The Labute approximate surface area is 180 Å². The summed E-state index contributed by atoms with van der Waals surface area (Å²) in [4.78, 5) is 14.5. The molecular weight excluding hydrogens is 454 g/mol. The van der Waals surface area contributed by atoms with E-state index in [0.717, 1.165) is 32.2 Å². The molecule has 0 radical (unpaired) electrons. The molecule has 1 aromatic heterocycles. The Hall–Kier alpha value is -2.76. The Morgan fingerprint density at radius 3 is 2.62 bits per heavy atom. The number of fused-ring (bicyclic) bond motifs is 3. The molecule has 0 unspecified atom stereocenters. The molecule has 0 amide bonds. The fraction of sp³-hybridized carbons (Fsp3) is 0.0870. The number of hydrogen-bond donors (Lipinski definition) is 0. The number of anilines is 1. The summed E-state index contributed by atoms with van der Waals surface area (Å²) in [5, 5.41) is 1.30. The van der Waals surface area contributed by atoms with E-state index in [9.17, 15) is 4.79 Å². The SMILES string of the molecule is O=c1cc(-c2ccccc2)c2cc(Cl)c3c(c2o1)CN(c1cccc(Br)c1)CO3. The summed E-state index contributed by atoms with van der Waals surface area (Å²) in [6.45, 7) is 0.876. The zero-order valence-electron chi connectivity index (χ0n) is 15.2. The summed E-state index contributed by atoms with van der Waals surface area (Å²) < 4.78 is 12.6. The van der Waals surface area contributed by atoms with Gasteiger partial charge in [-0.1, -0.05) is 63.9 Å². The maximum absolute atomic E-state index is 12.4. The highest BCUT2D eigenvalue weighted by Crippen LogP contribution is 2.42. The van der Waals surface area contributed by atoms with E-state index in [1.807, 2.05) is 60.7 Å². The molecule has 3 aromatic carbocycles. The fourth-order valence-electron chi connectivity index (χ4n) is 3.68. The molecule has 1 aliphatic heterocycles. The summed E-state index contributed by atoms with van der Waals surface area (Å²) in [6.07, 6.45) is 0. The van der Waals surface area contributed by atoms with Crippen LogP contribution in [0.3, 0.4) is 0 Å². The Kier molecular flexibility index (Phi) is 4.57. The highest BCUT2D eigenvalue weighted by atomic mass is 79.9. The summed E-state index contributed by atoms with van der Waals surface area (Å²) in [7, 11) is 0. The van der Waals surface area contributed by atoms with E-state index < -0.39 is 5.63 Å². The van der Waals surface area contributed by atoms with Crippen molar-refractivity contribution in [3.8, 4) is 16.9 Å². The van der Waals surface area contributed by atoms with E-state index in [1.54, 1.807) is 0 Å². The standard InChI is InChI=1S/C23H15BrClNO3/c24-15-7-4-8-16(9-15)26-12-19-22-18(10-20(25)23(19)28-13-26)17(11-21(27)29-22)14-5-2-1-3-6-14/h1-11H,12-13H2. The number of nitrogens with zero attached hydrogens (tertiary/aromatic N) is 1. The molecule has 0 fully saturated rings. The van der Waals surface area contributed by atoms with Crippen molar-refractivity contribution in [3.05, 3.63) is 92.2 Å². The molecule has 2 heterocycles. The maximum atomic E-state index is 12.4. The number of halogens is 2. The van der Waals surface area contributed by atoms with Crippen molar-refractivity contribution in [1.29, 1.82) is 0 Å². The third-order valence-electron chi connectivity index (χ3n) is 5.01. The lowest BCUT2D eigenvalue weighted by Crippen LogP contribution is -2.32. The number of ether oxygens (including phenoxy) is 1. The van der Waals surface area contributed by atoms with Crippen LogP contribution in [0.4, 0.5) is 5.69 Å².